The van der Waals surface area contributed by atoms with Crippen molar-refractivity contribution in [1.82, 2.24) is 24.9 Å². The summed E-state index contributed by atoms with van der Waals surface area (Å²) >= 11 is 0. The zero-order valence-electron chi connectivity index (χ0n) is 12.4. The molecule has 2 heterocycles. The largest absolute Gasteiger partial charge is 0.464 e. The van der Waals surface area contributed by atoms with E-state index in [-0.39, 0.29) is 17.5 Å². The minimum absolute atomic E-state index is 0.261. The molecule has 0 aromatic carbocycles. The number of methoxy groups -OCH3 is 1. The van der Waals surface area contributed by atoms with Crippen molar-refractivity contribution < 1.29 is 14.3 Å². The predicted octanol–water partition coefficient (Wildman–Crippen LogP) is 0.615. The van der Waals surface area contributed by atoms with Gasteiger partial charge < -0.3 is 10.1 Å². The Morgan fingerprint density at radius 3 is 2.91 bits per heavy atom. The second-order valence-electron chi connectivity index (χ2n) is 4.53. The van der Waals surface area contributed by atoms with Crippen LogP contribution in [0.4, 0.5) is 10.6 Å². The summed E-state index contributed by atoms with van der Waals surface area (Å²) in [5, 5.41) is 13.4. The summed E-state index contributed by atoms with van der Waals surface area (Å²) < 4.78 is 7.75. The molecule has 22 heavy (non-hydrogen) atoms. The van der Waals surface area contributed by atoms with Gasteiger partial charge in [-0.3, -0.25) is 14.7 Å². The molecule has 0 atom stereocenters. The third-order valence-electron chi connectivity index (χ3n) is 2.92. The number of aromatic nitrogens is 4. The first-order valence-electron chi connectivity index (χ1n) is 6.75. The minimum Gasteiger partial charge on any atom is -0.464 e. The van der Waals surface area contributed by atoms with Crippen LogP contribution in [0, 0.1) is 0 Å². The van der Waals surface area contributed by atoms with E-state index >= 15 is 0 Å². The maximum Gasteiger partial charge on any atom is 0.356 e. The van der Waals surface area contributed by atoms with Crippen molar-refractivity contribution in [3.05, 3.63) is 30.2 Å². The van der Waals surface area contributed by atoms with Gasteiger partial charge in [-0.05, 0) is 12.5 Å². The van der Waals surface area contributed by atoms with Crippen LogP contribution >= 0.6 is 0 Å². The average molecular weight is 306 g/mol. The highest BCUT2D eigenvalue weighted by molar-refractivity contribution is 5.92. The van der Waals surface area contributed by atoms with Gasteiger partial charge in [0.1, 0.15) is 5.69 Å². The third kappa shape index (κ3) is 4.08. The molecule has 2 aromatic heterocycles. The van der Waals surface area contributed by atoms with Crippen molar-refractivity contribution in [3.63, 3.8) is 0 Å². The number of hydrogen-bond acceptors (Lipinski definition) is 5. The van der Waals surface area contributed by atoms with Crippen LogP contribution in [0.25, 0.3) is 0 Å². The summed E-state index contributed by atoms with van der Waals surface area (Å²) in [6.07, 6.45) is 4.33. The van der Waals surface area contributed by atoms with Gasteiger partial charge in [0, 0.05) is 38.6 Å². The average Bonchev–Trinajstić information content (AvgIpc) is 3.12. The molecule has 0 radical (unpaired) electrons. The Hall–Kier alpha value is -2.84. The van der Waals surface area contributed by atoms with Gasteiger partial charge in [0.2, 0.25) is 0 Å². The lowest BCUT2D eigenvalue weighted by atomic mass is 10.4. The number of hydrogen-bond donors (Lipinski definition) is 2. The Kier molecular flexibility index (Phi) is 5.12. The van der Waals surface area contributed by atoms with Gasteiger partial charge in [0.25, 0.3) is 0 Å². The number of ether oxygens (including phenoxy) is 1. The van der Waals surface area contributed by atoms with Crippen molar-refractivity contribution in [2.45, 2.75) is 13.0 Å². The molecule has 118 valence electrons. The molecule has 0 bridgehead atoms. The maximum absolute atomic E-state index is 11.7. The number of rotatable bonds is 6. The fraction of sp³-hybridized carbons (Fsp3) is 0.385. The first-order valence-corrected chi connectivity index (χ1v) is 6.75. The molecule has 2 amide bonds. The number of aryl methyl sites for hydroxylation is 2. The van der Waals surface area contributed by atoms with E-state index in [1.807, 2.05) is 12.3 Å². The van der Waals surface area contributed by atoms with Crippen LogP contribution in [0.3, 0.4) is 0 Å². The van der Waals surface area contributed by atoms with E-state index in [9.17, 15) is 9.59 Å². The number of nitrogens with one attached hydrogen (secondary N) is 2. The smallest absolute Gasteiger partial charge is 0.356 e. The van der Waals surface area contributed by atoms with E-state index in [1.165, 1.54) is 17.9 Å². The van der Waals surface area contributed by atoms with Crippen LogP contribution in [0.2, 0.25) is 0 Å². The highest BCUT2D eigenvalue weighted by Gasteiger charge is 2.14. The Balaban J connectivity index is 1.76. The van der Waals surface area contributed by atoms with Gasteiger partial charge >= 0.3 is 12.0 Å². The van der Waals surface area contributed by atoms with Crippen LogP contribution in [0.1, 0.15) is 16.9 Å². The topological polar surface area (TPSA) is 103 Å². The molecule has 0 aliphatic heterocycles. The Morgan fingerprint density at radius 2 is 2.23 bits per heavy atom. The Morgan fingerprint density at radius 1 is 1.41 bits per heavy atom. The number of urea groups is 1. The number of esters is 1. The number of carbonyl (C=O) groups excluding carboxylic acids is 2. The minimum atomic E-state index is -0.511. The third-order valence-corrected chi connectivity index (χ3v) is 2.92. The Bertz CT molecular complexity index is 634. The summed E-state index contributed by atoms with van der Waals surface area (Å²) in [6.45, 7) is 1.23. The number of carbonyl (C=O) groups is 2. The van der Waals surface area contributed by atoms with Gasteiger partial charge in [-0.15, -0.1) is 0 Å². The molecule has 0 spiro atoms. The van der Waals surface area contributed by atoms with Crippen LogP contribution in [0.5, 0.6) is 0 Å². The summed E-state index contributed by atoms with van der Waals surface area (Å²) in [6, 6.07) is 2.92. The van der Waals surface area contributed by atoms with Crippen molar-refractivity contribution >= 4 is 17.8 Å². The molecule has 9 nitrogen and oxygen atoms in total. The zero-order valence-corrected chi connectivity index (χ0v) is 12.4. The van der Waals surface area contributed by atoms with E-state index in [4.69, 9.17) is 0 Å². The molecule has 2 rings (SSSR count). The quantitative estimate of drug-likeness (QED) is 0.601. The van der Waals surface area contributed by atoms with Crippen molar-refractivity contribution in [1.29, 1.82) is 0 Å². The highest BCUT2D eigenvalue weighted by atomic mass is 16.5. The first-order chi connectivity index (χ1) is 10.6. The van der Waals surface area contributed by atoms with Gasteiger partial charge in [-0.2, -0.15) is 10.2 Å². The van der Waals surface area contributed by atoms with Gasteiger partial charge in [0.05, 0.1) is 7.11 Å². The van der Waals surface area contributed by atoms with Crippen molar-refractivity contribution in [2.75, 3.05) is 19.0 Å². The molecule has 0 saturated carbocycles. The molecule has 0 unspecified atom stereocenters. The molecule has 0 saturated heterocycles. The van der Waals surface area contributed by atoms with E-state index in [0.29, 0.717) is 6.54 Å². The van der Waals surface area contributed by atoms with E-state index < -0.39 is 5.97 Å². The summed E-state index contributed by atoms with van der Waals surface area (Å²) in [5.41, 5.74) is 0.261. The van der Waals surface area contributed by atoms with Crippen LogP contribution in [-0.2, 0) is 18.3 Å². The zero-order chi connectivity index (χ0) is 15.9. The van der Waals surface area contributed by atoms with E-state index in [1.54, 1.807) is 17.9 Å². The fourth-order valence-electron chi connectivity index (χ4n) is 1.86. The second kappa shape index (κ2) is 7.25. The molecule has 9 heteroatoms. The predicted molar refractivity (Wildman–Crippen MR) is 78.4 cm³/mol. The SMILES string of the molecule is COC(=O)c1cc(NC(=O)NCCCn2cccn2)nn1C. The van der Waals surface area contributed by atoms with Crippen LogP contribution in [0.15, 0.2) is 24.5 Å². The van der Waals surface area contributed by atoms with Crippen molar-refractivity contribution in [3.8, 4) is 0 Å². The molecule has 2 aromatic rings. The number of amides is 2. The van der Waals surface area contributed by atoms with Crippen molar-refractivity contribution in [2.24, 2.45) is 7.05 Å². The lowest BCUT2D eigenvalue weighted by Gasteiger charge is -2.05. The number of anilines is 1. The first kappa shape index (κ1) is 15.5. The molecule has 0 aliphatic carbocycles. The van der Waals surface area contributed by atoms with E-state index in [0.717, 1.165) is 13.0 Å². The fourth-order valence-corrected chi connectivity index (χ4v) is 1.86. The van der Waals surface area contributed by atoms with Crippen LogP contribution < -0.4 is 10.6 Å². The monoisotopic (exact) mass is 306 g/mol. The summed E-state index contributed by atoms with van der Waals surface area (Å²) in [4.78, 5) is 23.2. The molecule has 2 N–H and O–H groups in total. The van der Waals surface area contributed by atoms with Gasteiger partial charge in [0.15, 0.2) is 5.82 Å². The Labute approximate surface area is 127 Å². The summed E-state index contributed by atoms with van der Waals surface area (Å²) in [7, 11) is 2.88. The summed E-state index contributed by atoms with van der Waals surface area (Å²) in [5.74, 6) is -0.227. The molecular formula is C13H18N6O3. The molecule has 0 aliphatic rings. The number of nitrogens with zero attached hydrogens (tertiary/aromatic N) is 4. The molecule has 0 fully saturated rings. The van der Waals surface area contributed by atoms with Gasteiger partial charge in [-0.25, -0.2) is 9.59 Å². The lowest BCUT2D eigenvalue weighted by Crippen LogP contribution is -2.30. The standard InChI is InChI=1S/C13H18N6O3/c1-18-10(12(20)22-2)9-11(17-18)16-13(21)14-5-3-7-19-8-4-6-15-19/h4,6,8-9H,3,5,7H2,1-2H3,(H2,14,16,17,21). The molecular weight excluding hydrogens is 288 g/mol. The second-order valence-corrected chi connectivity index (χ2v) is 4.53. The lowest BCUT2D eigenvalue weighted by molar-refractivity contribution is 0.0588. The van der Waals surface area contributed by atoms with Gasteiger partial charge in [-0.1, -0.05) is 0 Å². The maximum atomic E-state index is 11.7. The van der Waals surface area contributed by atoms with E-state index in [2.05, 4.69) is 25.6 Å². The highest BCUT2D eigenvalue weighted by Crippen LogP contribution is 2.09. The normalized spacial score (nSPS) is 10.3. The van der Waals surface area contributed by atoms with Crippen LogP contribution in [-0.4, -0.2) is 45.2 Å².